The molecular weight excluding hydrogens is 370 g/mol. The van der Waals surface area contributed by atoms with E-state index in [1.165, 1.54) is 26.4 Å². The molecule has 0 saturated carbocycles. The predicted molar refractivity (Wildman–Crippen MR) is 98.0 cm³/mol. The monoisotopic (exact) mass is 389 g/mol. The van der Waals surface area contributed by atoms with Gasteiger partial charge in [-0.25, -0.2) is 28.1 Å². The number of nitrogens with zero attached hydrogens (tertiary/aromatic N) is 4. The van der Waals surface area contributed by atoms with Gasteiger partial charge in [-0.2, -0.15) is 0 Å². The van der Waals surface area contributed by atoms with Gasteiger partial charge in [0.1, 0.15) is 16.4 Å². The molecule has 0 saturated heterocycles. The average Bonchev–Trinajstić information content (AvgIpc) is 3.16. The topological polar surface area (TPSA) is 108 Å². The van der Waals surface area contributed by atoms with Crippen LogP contribution in [0.1, 0.15) is 0 Å². The number of hydrogen-bond donors (Lipinski definition) is 1. The molecule has 0 fully saturated rings. The molecule has 0 spiro atoms. The van der Waals surface area contributed by atoms with Crippen molar-refractivity contribution >= 4 is 10.0 Å². The number of hydrogen-bond acceptors (Lipinski definition) is 7. The number of methoxy groups -OCH3 is 2. The third-order valence-corrected chi connectivity index (χ3v) is 5.29. The van der Waals surface area contributed by atoms with Gasteiger partial charge in [0, 0.05) is 43.9 Å². The predicted octanol–water partition coefficient (Wildman–Crippen LogP) is 1.34. The second kappa shape index (κ2) is 8.14. The summed E-state index contributed by atoms with van der Waals surface area (Å²) >= 11 is 0. The average molecular weight is 389 g/mol. The fraction of sp³-hybridized carbons (Fsp3) is 0.235. The van der Waals surface area contributed by atoms with Crippen LogP contribution in [0.5, 0.6) is 11.5 Å². The molecule has 142 valence electrons. The van der Waals surface area contributed by atoms with Gasteiger partial charge >= 0.3 is 0 Å². The summed E-state index contributed by atoms with van der Waals surface area (Å²) in [5, 5.41) is 0. The zero-order valence-electron chi connectivity index (χ0n) is 14.9. The molecular formula is C17H19N5O4S. The van der Waals surface area contributed by atoms with E-state index in [2.05, 4.69) is 19.7 Å². The first-order valence-corrected chi connectivity index (χ1v) is 9.53. The number of nitrogens with one attached hydrogen (secondary N) is 1. The quantitative estimate of drug-likeness (QED) is 0.619. The van der Waals surface area contributed by atoms with Gasteiger partial charge in [0.2, 0.25) is 10.0 Å². The van der Waals surface area contributed by atoms with E-state index in [0.29, 0.717) is 23.9 Å². The van der Waals surface area contributed by atoms with E-state index in [0.717, 1.165) is 0 Å². The minimum absolute atomic E-state index is 0.0445. The molecule has 1 aromatic carbocycles. The third kappa shape index (κ3) is 4.23. The summed E-state index contributed by atoms with van der Waals surface area (Å²) in [7, 11) is -0.846. The molecule has 9 nitrogen and oxygen atoms in total. The molecule has 27 heavy (non-hydrogen) atoms. The van der Waals surface area contributed by atoms with Crippen LogP contribution in [0, 0.1) is 0 Å². The van der Waals surface area contributed by atoms with Gasteiger partial charge in [-0.05, 0) is 18.2 Å². The highest BCUT2D eigenvalue weighted by molar-refractivity contribution is 7.89. The second-order valence-corrected chi connectivity index (χ2v) is 7.17. The molecule has 1 N–H and O–H groups in total. The van der Waals surface area contributed by atoms with Gasteiger partial charge < -0.3 is 14.0 Å². The number of imidazole rings is 1. The van der Waals surface area contributed by atoms with Crippen molar-refractivity contribution in [3.63, 3.8) is 0 Å². The summed E-state index contributed by atoms with van der Waals surface area (Å²) < 4.78 is 39.8. The summed E-state index contributed by atoms with van der Waals surface area (Å²) in [6.07, 6.45) is 6.61. The maximum Gasteiger partial charge on any atom is 0.244 e. The molecule has 0 amide bonds. The summed E-state index contributed by atoms with van der Waals surface area (Å²) in [6.45, 7) is 0.527. The minimum atomic E-state index is -3.75. The molecule has 10 heteroatoms. The first-order chi connectivity index (χ1) is 13.0. The van der Waals surface area contributed by atoms with Crippen LogP contribution in [0.3, 0.4) is 0 Å². The fourth-order valence-electron chi connectivity index (χ4n) is 2.49. The van der Waals surface area contributed by atoms with Gasteiger partial charge in [0.25, 0.3) is 0 Å². The summed E-state index contributed by atoms with van der Waals surface area (Å²) in [5.41, 5.74) is 0. The van der Waals surface area contributed by atoms with Gasteiger partial charge in [0.15, 0.2) is 11.6 Å². The lowest BCUT2D eigenvalue weighted by Gasteiger charge is -2.12. The van der Waals surface area contributed by atoms with Crippen molar-refractivity contribution in [3.8, 4) is 23.1 Å². The molecule has 3 rings (SSSR count). The van der Waals surface area contributed by atoms with Crippen molar-refractivity contribution in [2.45, 2.75) is 11.4 Å². The Morgan fingerprint density at radius 2 is 1.85 bits per heavy atom. The van der Waals surface area contributed by atoms with Crippen LogP contribution < -0.4 is 14.2 Å². The highest BCUT2D eigenvalue weighted by Crippen LogP contribution is 2.28. The highest BCUT2D eigenvalue weighted by Gasteiger charge is 2.20. The molecule has 0 unspecified atom stereocenters. The number of sulfonamides is 1. The molecule has 3 aromatic rings. The number of ether oxygens (including phenoxy) is 2. The fourth-order valence-corrected chi connectivity index (χ4v) is 3.66. The van der Waals surface area contributed by atoms with E-state index < -0.39 is 10.0 Å². The van der Waals surface area contributed by atoms with Crippen LogP contribution in [0.15, 0.2) is 53.9 Å². The highest BCUT2D eigenvalue weighted by atomic mass is 32.2. The minimum Gasteiger partial charge on any atom is -0.497 e. The molecule has 2 heterocycles. The molecule has 0 radical (unpaired) electrons. The smallest absolute Gasteiger partial charge is 0.244 e. The van der Waals surface area contributed by atoms with Crippen molar-refractivity contribution in [1.29, 1.82) is 0 Å². The van der Waals surface area contributed by atoms with E-state index in [4.69, 9.17) is 9.47 Å². The van der Waals surface area contributed by atoms with E-state index >= 15 is 0 Å². The van der Waals surface area contributed by atoms with Crippen LogP contribution >= 0.6 is 0 Å². The van der Waals surface area contributed by atoms with E-state index in [-0.39, 0.29) is 17.2 Å². The first-order valence-electron chi connectivity index (χ1n) is 8.05. The number of benzene rings is 1. The van der Waals surface area contributed by atoms with E-state index in [9.17, 15) is 8.42 Å². The van der Waals surface area contributed by atoms with Crippen LogP contribution in [0.2, 0.25) is 0 Å². The summed E-state index contributed by atoms with van der Waals surface area (Å²) in [5.74, 6) is 1.76. The summed E-state index contributed by atoms with van der Waals surface area (Å²) in [6, 6.07) is 6.25. The van der Waals surface area contributed by atoms with E-state index in [1.807, 2.05) is 0 Å². The van der Waals surface area contributed by atoms with Crippen molar-refractivity contribution in [2.75, 3.05) is 20.8 Å². The van der Waals surface area contributed by atoms with Crippen molar-refractivity contribution in [2.24, 2.45) is 0 Å². The lowest BCUT2D eigenvalue weighted by atomic mass is 10.3. The maximum atomic E-state index is 12.6. The molecule has 0 bridgehead atoms. The van der Waals surface area contributed by atoms with Crippen LogP contribution in [-0.2, 0) is 16.6 Å². The lowest BCUT2D eigenvalue weighted by molar-refractivity contribution is 0.386. The standard InChI is InChI=1S/C17H19N5O4S/c1-25-13-4-5-15(14(12-13)26-2)27(23,24)21-9-11-22-10-8-20-17(22)16-18-6-3-7-19-16/h3-8,10,12,21H,9,11H2,1-2H3. The second-order valence-electron chi connectivity index (χ2n) is 5.43. The maximum absolute atomic E-state index is 12.6. The van der Waals surface area contributed by atoms with Crippen molar-refractivity contribution < 1.29 is 17.9 Å². The largest absolute Gasteiger partial charge is 0.497 e. The Balaban J connectivity index is 1.72. The summed E-state index contributed by atoms with van der Waals surface area (Å²) in [4.78, 5) is 12.6. The van der Waals surface area contributed by atoms with Crippen molar-refractivity contribution in [3.05, 3.63) is 49.1 Å². The Morgan fingerprint density at radius 1 is 1.07 bits per heavy atom. The van der Waals surface area contributed by atoms with Gasteiger partial charge in [-0.1, -0.05) is 0 Å². The molecule has 2 aromatic heterocycles. The van der Waals surface area contributed by atoms with Crippen LogP contribution in [-0.4, -0.2) is 48.7 Å². The number of aromatic nitrogens is 4. The molecule has 0 aliphatic heterocycles. The van der Waals surface area contributed by atoms with Crippen LogP contribution in [0.4, 0.5) is 0 Å². The Hall–Kier alpha value is -2.98. The van der Waals surface area contributed by atoms with Crippen LogP contribution in [0.25, 0.3) is 11.6 Å². The first kappa shape index (κ1) is 18.8. The van der Waals surface area contributed by atoms with Crippen molar-refractivity contribution in [1.82, 2.24) is 24.2 Å². The van der Waals surface area contributed by atoms with E-state index in [1.54, 1.807) is 41.5 Å². The molecule has 0 aliphatic carbocycles. The third-order valence-electron chi connectivity index (χ3n) is 3.79. The van der Waals surface area contributed by atoms with Gasteiger partial charge in [-0.3, -0.25) is 0 Å². The normalized spacial score (nSPS) is 11.3. The SMILES string of the molecule is COc1ccc(S(=O)(=O)NCCn2ccnc2-c2ncccn2)c(OC)c1. The zero-order valence-corrected chi connectivity index (χ0v) is 15.7. The Labute approximate surface area is 157 Å². The Bertz CT molecular complexity index is 1010. The Morgan fingerprint density at radius 3 is 2.56 bits per heavy atom. The zero-order chi connectivity index (χ0) is 19.3. The Kier molecular flexibility index (Phi) is 5.67. The molecule has 0 aliphatic rings. The lowest BCUT2D eigenvalue weighted by Crippen LogP contribution is -2.28. The van der Waals surface area contributed by atoms with Gasteiger partial charge in [-0.15, -0.1) is 0 Å². The number of rotatable bonds is 8. The molecule has 0 atom stereocenters. The van der Waals surface area contributed by atoms with Gasteiger partial charge in [0.05, 0.1) is 14.2 Å².